The number of halogens is 3. The van der Waals surface area contributed by atoms with Crippen molar-refractivity contribution >= 4 is 5.82 Å². The van der Waals surface area contributed by atoms with Crippen LogP contribution in [0.4, 0.5) is 19.0 Å². The lowest BCUT2D eigenvalue weighted by Gasteiger charge is -2.19. The molecule has 3 rings (SSSR count). The van der Waals surface area contributed by atoms with E-state index < -0.39 is 11.7 Å². The van der Waals surface area contributed by atoms with Gasteiger partial charge in [-0.05, 0) is 51.6 Å². The Bertz CT molecular complexity index is 936. The van der Waals surface area contributed by atoms with Crippen LogP contribution in [0.1, 0.15) is 42.0 Å². The Labute approximate surface area is 160 Å². The summed E-state index contributed by atoms with van der Waals surface area (Å²) in [6.45, 7) is 0. The first-order chi connectivity index (χ1) is 13.1. The van der Waals surface area contributed by atoms with Gasteiger partial charge in [-0.2, -0.15) is 18.4 Å². The molecular weight excluding hydrogens is 371 g/mol. The molecule has 0 spiro atoms. The molecule has 2 atom stereocenters. The molecule has 1 saturated carbocycles. The lowest BCUT2D eigenvalue weighted by Crippen LogP contribution is -2.24. The van der Waals surface area contributed by atoms with E-state index in [1.165, 1.54) is 0 Å². The molecule has 0 aliphatic heterocycles. The molecule has 3 N–H and O–H groups in total. The summed E-state index contributed by atoms with van der Waals surface area (Å²) in [4.78, 5) is 10.5. The lowest BCUT2D eigenvalue weighted by molar-refractivity contribution is -0.137. The minimum absolute atomic E-state index is 0.0564. The number of nitrogen functional groups attached to an aromatic ring is 1. The van der Waals surface area contributed by atoms with Gasteiger partial charge < -0.3 is 15.7 Å². The summed E-state index contributed by atoms with van der Waals surface area (Å²) in [7, 11) is 3.94. The number of aromatic nitrogens is 2. The third-order valence-corrected chi connectivity index (χ3v) is 5.16. The van der Waals surface area contributed by atoms with E-state index in [9.17, 15) is 23.5 Å². The van der Waals surface area contributed by atoms with E-state index in [0.29, 0.717) is 11.7 Å². The van der Waals surface area contributed by atoms with Crippen molar-refractivity contribution in [2.75, 3.05) is 19.8 Å². The molecule has 1 aromatic carbocycles. The standard InChI is InChI=1S/C19H20F3N5O/c1-27(2)12-5-3-10(7-12)16-14(9-23)17(24)26-18(25-16)13-8-11(19(20,21)22)4-6-15(13)28/h4,6,8,10,12,28H,3,5,7H2,1-2H3,(H2,24,25,26). The summed E-state index contributed by atoms with van der Waals surface area (Å²) in [6, 6.07) is 4.85. The Hall–Kier alpha value is -2.86. The number of hydrogen-bond donors (Lipinski definition) is 2. The molecule has 1 heterocycles. The van der Waals surface area contributed by atoms with Gasteiger partial charge in [-0.3, -0.25) is 0 Å². The van der Waals surface area contributed by atoms with Crippen LogP contribution in [0.15, 0.2) is 18.2 Å². The number of alkyl halides is 3. The molecular formula is C19H20F3N5O. The Balaban J connectivity index is 2.10. The highest BCUT2D eigenvalue weighted by Crippen LogP contribution is 2.40. The molecule has 0 bridgehead atoms. The van der Waals surface area contributed by atoms with Gasteiger partial charge in [-0.25, -0.2) is 9.97 Å². The molecule has 2 aromatic rings. The first-order valence-corrected chi connectivity index (χ1v) is 8.76. The molecule has 1 aromatic heterocycles. The van der Waals surface area contributed by atoms with Gasteiger partial charge in [0.15, 0.2) is 5.82 Å². The molecule has 6 nitrogen and oxygen atoms in total. The Kier molecular flexibility index (Phi) is 5.17. The highest BCUT2D eigenvalue weighted by molar-refractivity contribution is 5.68. The van der Waals surface area contributed by atoms with Crippen molar-refractivity contribution in [3.63, 3.8) is 0 Å². The van der Waals surface area contributed by atoms with Crippen molar-refractivity contribution in [3.05, 3.63) is 35.0 Å². The number of anilines is 1. The summed E-state index contributed by atoms with van der Waals surface area (Å²) < 4.78 is 39.2. The number of phenolic OH excluding ortho intramolecular Hbond substituents is 1. The van der Waals surface area contributed by atoms with E-state index in [2.05, 4.69) is 14.9 Å². The molecule has 2 unspecified atom stereocenters. The van der Waals surface area contributed by atoms with E-state index in [1.807, 2.05) is 20.2 Å². The maximum Gasteiger partial charge on any atom is 0.416 e. The van der Waals surface area contributed by atoms with E-state index in [-0.39, 0.29) is 34.4 Å². The van der Waals surface area contributed by atoms with E-state index in [0.717, 1.165) is 37.5 Å². The Morgan fingerprint density at radius 1 is 1.25 bits per heavy atom. The van der Waals surface area contributed by atoms with Crippen LogP contribution in [0.5, 0.6) is 5.75 Å². The van der Waals surface area contributed by atoms with Gasteiger partial charge in [0.2, 0.25) is 0 Å². The topological polar surface area (TPSA) is 99.1 Å². The summed E-state index contributed by atoms with van der Waals surface area (Å²) >= 11 is 0. The van der Waals surface area contributed by atoms with Crippen molar-refractivity contribution in [1.82, 2.24) is 14.9 Å². The van der Waals surface area contributed by atoms with Gasteiger partial charge in [-0.1, -0.05) is 0 Å². The summed E-state index contributed by atoms with van der Waals surface area (Å²) in [5.41, 5.74) is 5.38. The fourth-order valence-corrected chi connectivity index (χ4v) is 3.59. The molecule has 0 amide bonds. The number of phenols is 1. The number of aromatic hydroxyl groups is 1. The van der Waals surface area contributed by atoms with Crippen LogP contribution in [-0.2, 0) is 6.18 Å². The first kappa shape index (κ1) is 19.9. The lowest BCUT2D eigenvalue weighted by atomic mass is 9.98. The Morgan fingerprint density at radius 2 is 1.96 bits per heavy atom. The number of nitriles is 1. The van der Waals surface area contributed by atoms with Gasteiger partial charge in [-0.15, -0.1) is 0 Å². The van der Waals surface area contributed by atoms with Gasteiger partial charge in [0.25, 0.3) is 0 Å². The van der Waals surface area contributed by atoms with Crippen molar-refractivity contribution in [2.45, 2.75) is 37.4 Å². The Morgan fingerprint density at radius 3 is 2.54 bits per heavy atom. The molecule has 1 fully saturated rings. The average molecular weight is 391 g/mol. The fraction of sp³-hybridized carbons (Fsp3) is 0.421. The summed E-state index contributed by atoms with van der Waals surface area (Å²) in [6.07, 6.45) is -2.13. The minimum Gasteiger partial charge on any atom is -0.507 e. The molecule has 9 heteroatoms. The van der Waals surface area contributed by atoms with Crippen molar-refractivity contribution in [3.8, 4) is 23.2 Å². The molecule has 28 heavy (non-hydrogen) atoms. The number of hydrogen-bond acceptors (Lipinski definition) is 6. The van der Waals surface area contributed by atoms with Crippen molar-refractivity contribution in [2.24, 2.45) is 0 Å². The molecule has 148 valence electrons. The van der Waals surface area contributed by atoms with Crippen molar-refractivity contribution < 1.29 is 18.3 Å². The minimum atomic E-state index is -4.58. The molecule has 1 aliphatic carbocycles. The van der Waals surface area contributed by atoms with Crippen LogP contribution in [0.3, 0.4) is 0 Å². The van der Waals surface area contributed by atoms with E-state index in [1.54, 1.807) is 0 Å². The van der Waals surface area contributed by atoms with Crippen LogP contribution >= 0.6 is 0 Å². The van der Waals surface area contributed by atoms with E-state index in [4.69, 9.17) is 5.73 Å². The highest BCUT2D eigenvalue weighted by Gasteiger charge is 2.33. The maximum atomic E-state index is 13.1. The number of benzene rings is 1. The normalized spacial score (nSPS) is 19.8. The second-order valence-corrected chi connectivity index (χ2v) is 7.16. The average Bonchev–Trinajstić information content (AvgIpc) is 3.10. The fourth-order valence-electron chi connectivity index (χ4n) is 3.59. The zero-order valence-corrected chi connectivity index (χ0v) is 15.5. The molecule has 0 radical (unpaired) electrons. The zero-order chi connectivity index (χ0) is 20.6. The quantitative estimate of drug-likeness (QED) is 0.831. The predicted molar refractivity (Wildman–Crippen MR) is 97.3 cm³/mol. The third kappa shape index (κ3) is 3.73. The van der Waals surface area contributed by atoms with Gasteiger partial charge in [0.1, 0.15) is 23.2 Å². The third-order valence-electron chi connectivity index (χ3n) is 5.16. The predicted octanol–water partition coefficient (Wildman–Crippen LogP) is 3.52. The second kappa shape index (κ2) is 7.28. The van der Waals surface area contributed by atoms with Crippen LogP contribution in [0, 0.1) is 11.3 Å². The summed E-state index contributed by atoms with van der Waals surface area (Å²) in [5.74, 6) is -0.671. The van der Waals surface area contributed by atoms with Crippen LogP contribution in [-0.4, -0.2) is 40.1 Å². The van der Waals surface area contributed by atoms with Crippen molar-refractivity contribution in [1.29, 1.82) is 5.26 Å². The van der Waals surface area contributed by atoms with Gasteiger partial charge in [0.05, 0.1) is 16.8 Å². The van der Waals surface area contributed by atoms with Gasteiger partial charge in [0, 0.05) is 12.0 Å². The number of nitrogens with zero attached hydrogens (tertiary/aromatic N) is 4. The second-order valence-electron chi connectivity index (χ2n) is 7.16. The van der Waals surface area contributed by atoms with Crippen LogP contribution in [0.2, 0.25) is 0 Å². The largest absolute Gasteiger partial charge is 0.507 e. The number of nitrogens with two attached hydrogens (primary N) is 1. The summed E-state index contributed by atoms with van der Waals surface area (Å²) in [5, 5.41) is 19.6. The highest BCUT2D eigenvalue weighted by atomic mass is 19.4. The smallest absolute Gasteiger partial charge is 0.416 e. The van der Waals surface area contributed by atoms with Gasteiger partial charge >= 0.3 is 6.18 Å². The SMILES string of the molecule is CN(C)C1CCC(c2nc(-c3cc(C(F)(F)F)ccc3O)nc(N)c2C#N)C1. The molecule has 1 aliphatic rings. The monoisotopic (exact) mass is 391 g/mol. The first-order valence-electron chi connectivity index (χ1n) is 8.76. The number of rotatable bonds is 3. The zero-order valence-electron chi connectivity index (χ0n) is 15.5. The van der Waals surface area contributed by atoms with E-state index >= 15 is 0 Å². The molecule has 0 saturated heterocycles. The maximum absolute atomic E-state index is 13.1. The van der Waals surface area contributed by atoms with Crippen LogP contribution < -0.4 is 5.73 Å². The van der Waals surface area contributed by atoms with Crippen LogP contribution in [0.25, 0.3) is 11.4 Å².